The highest BCUT2D eigenvalue weighted by Crippen LogP contribution is 2.10. The average Bonchev–Trinajstić information content (AvgIpc) is 3.00. The van der Waals surface area contributed by atoms with Crippen LogP contribution in [0.2, 0.25) is 0 Å². The van der Waals surface area contributed by atoms with E-state index in [0.29, 0.717) is 12.8 Å². The smallest absolute Gasteiger partial charge is 0.407 e. The van der Waals surface area contributed by atoms with Crippen LogP contribution in [-0.4, -0.2) is 24.3 Å². The van der Waals surface area contributed by atoms with Gasteiger partial charge in [-0.05, 0) is 35.1 Å². The van der Waals surface area contributed by atoms with Gasteiger partial charge in [0, 0.05) is 0 Å². The molecule has 4 aromatic carbocycles. The largest absolute Gasteiger partial charge is 0.445 e. The van der Waals surface area contributed by atoms with Crippen LogP contribution in [0.25, 0.3) is 0 Å². The fraction of sp³-hybridized carbons (Fsp3) is 0.176. The lowest BCUT2D eigenvalue weighted by Crippen LogP contribution is -2.38. The van der Waals surface area contributed by atoms with E-state index in [-0.39, 0.29) is 25.3 Å². The molecule has 0 unspecified atom stereocenters. The van der Waals surface area contributed by atoms with Gasteiger partial charge >= 0.3 is 12.2 Å². The van der Waals surface area contributed by atoms with Crippen molar-refractivity contribution in [3.8, 4) is 0 Å². The molecule has 0 aliphatic carbocycles. The van der Waals surface area contributed by atoms with E-state index in [1.54, 1.807) is 0 Å². The van der Waals surface area contributed by atoms with Crippen LogP contribution < -0.4 is 10.6 Å². The molecule has 0 spiro atoms. The normalized spacial score (nSPS) is 12.3. The van der Waals surface area contributed by atoms with Gasteiger partial charge in [0.05, 0.1) is 12.1 Å². The average molecular weight is 535 g/mol. The lowest BCUT2D eigenvalue weighted by molar-refractivity contribution is 0.136. The zero-order chi connectivity index (χ0) is 27.8. The van der Waals surface area contributed by atoms with Gasteiger partial charge in [-0.2, -0.15) is 0 Å². The summed E-state index contributed by atoms with van der Waals surface area (Å²) in [5, 5.41) is 5.93. The first-order chi connectivity index (χ1) is 19.6. The van der Waals surface area contributed by atoms with E-state index in [1.165, 1.54) is 0 Å². The van der Waals surface area contributed by atoms with E-state index in [1.807, 2.05) is 133 Å². The van der Waals surface area contributed by atoms with Crippen LogP contribution in [0.4, 0.5) is 9.59 Å². The number of benzene rings is 4. The lowest BCUT2D eigenvalue weighted by atomic mass is 10.0. The molecule has 0 saturated carbocycles. The van der Waals surface area contributed by atoms with E-state index in [9.17, 15) is 9.59 Å². The Morgan fingerprint density at radius 1 is 0.500 bits per heavy atom. The predicted molar refractivity (Wildman–Crippen MR) is 157 cm³/mol. The summed E-state index contributed by atoms with van der Waals surface area (Å²) in [6.45, 7) is 0.361. The van der Waals surface area contributed by atoms with Crippen LogP contribution in [0, 0.1) is 0 Å². The maximum absolute atomic E-state index is 12.7. The number of carbonyl (C=O) groups excluding carboxylic acids is 2. The van der Waals surface area contributed by atoms with E-state index in [0.717, 1.165) is 22.3 Å². The van der Waals surface area contributed by atoms with Crippen molar-refractivity contribution in [3.63, 3.8) is 0 Å². The Hall–Kier alpha value is -4.84. The molecule has 0 fully saturated rings. The first-order valence-corrected chi connectivity index (χ1v) is 13.3. The summed E-state index contributed by atoms with van der Waals surface area (Å²) < 4.78 is 10.9. The Kier molecular flexibility index (Phi) is 10.9. The van der Waals surface area contributed by atoms with E-state index < -0.39 is 12.2 Å². The zero-order valence-electron chi connectivity index (χ0n) is 22.3. The number of carbonyl (C=O) groups is 2. The summed E-state index contributed by atoms with van der Waals surface area (Å²) >= 11 is 0. The first-order valence-electron chi connectivity index (χ1n) is 13.3. The van der Waals surface area contributed by atoms with Crippen LogP contribution in [0.3, 0.4) is 0 Å². The summed E-state index contributed by atoms with van der Waals surface area (Å²) in [7, 11) is 0. The van der Waals surface area contributed by atoms with E-state index in [2.05, 4.69) is 10.6 Å². The summed E-state index contributed by atoms with van der Waals surface area (Å²) in [6.07, 6.45) is 3.92. The molecular weight excluding hydrogens is 500 g/mol. The highest BCUT2D eigenvalue weighted by Gasteiger charge is 2.15. The molecule has 0 heterocycles. The molecule has 0 bridgehead atoms. The molecule has 0 saturated heterocycles. The Morgan fingerprint density at radius 3 is 1.12 bits per heavy atom. The second kappa shape index (κ2) is 15.5. The first kappa shape index (κ1) is 28.2. The quantitative estimate of drug-likeness (QED) is 0.200. The fourth-order valence-electron chi connectivity index (χ4n) is 4.17. The molecule has 204 valence electrons. The van der Waals surface area contributed by atoms with Crippen LogP contribution in [0.5, 0.6) is 0 Å². The van der Waals surface area contributed by atoms with Crippen LogP contribution in [-0.2, 0) is 35.5 Å². The molecule has 0 aliphatic heterocycles. The van der Waals surface area contributed by atoms with Crippen molar-refractivity contribution in [1.29, 1.82) is 0 Å². The number of hydrogen-bond donors (Lipinski definition) is 2. The molecule has 0 aliphatic rings. The molecule has 2 amide bonds. The Balaban J connectivity index is 1.44. The molecule has 40 heavy (non-hydrogen) atoms. The van der Waals surface area contributed by atoms with Gasteiger partial charge in [0.15, 0.2) is 0 Å². The summed E-state index contributed by atoms with van der Waals surface area (Å²) in [5.41, 5.74) is 3.95. The number of rotatable bonds is 12. The topological polar surface area (TPSA) is 76.7 Å². The van der Waals surface area contributed by atoms with Gasteiger partial charge < -0.3 is 20.1 Å². The maximum atomic E-state index is 12.7. The van der Waals surface area contributed by atoms with Crippen LogP contribution >= 0.6 is 0 Å². The summed E-state index contributed by atoms with van der Waals surface area (Å²) in [5.74, 6) is 0. The monoisotopic (exact) mass is 534 g/mol. The molecule has 2 N–H and O–H groups in total. The van der Waals surface area contributed by atoms with Crippen molar-refractivity contribution in [2.24, 2.45) is 0 Å². The third-order valence-corrected chi connectivity index (χ3v) is 6.20. The van der Waals surface area contributed by atoms with Gasteiger partial charge in [0.1, 0.15) is 13.2 Å². The minimum Gasteiger partial charge on any atom is -0.445 e. The van der Waals surface area contributed by atoms with Crippen molar-refractivity contribution in [3.05, 3.63) is 156 Å². The number of nitrogens with one attached hydrogen (secondary N) is 2. The van der Waals surface area contributed by atoms with Crippen molar-refractivity contribution < 1.29 is 19.1 Å². The third-order valence-electron chi connectivity index (χ3n) is 6.20. The Labute approximate surface area is 235 Å². The minimum atomic E-state index is -0.510. The van der Waals surface area contributed by atoms with Gasteiger partial charge in [0.25, 0.3) is 0 Å². The SMILES string of the molecule is O=C(N[C@H](C=C[C@H](Cc1ccccc1)NC(=O)OCc1ccccc1)Cc1ccccc1)OCc1ccccc1. The van der Waals surface area contributed by atoms with Gasteiger partial charge in [-0.25, -0.2) is 9.59 Å². The van der Waals surface area contributed by atoms with Crippen molar-refractivity contribution in [2.45, 2.75) is 38.1 Å². The molecule has 6 heteroatoms. The van der Waals surface area contributed by atoms with Crippen molar-refractivity contribution in [1.82, 2.24) is 10.6 Å². The maximum Gasteiger partial charge on any atom is 0.407 e. The summed E-state index contributed by atoms with van der Waals surface area (Å²) in [4.78, 5) is 25.4. The second-order valence-corrected chi connectivity index (χ2v) is 9.39. The molecule has 6 nitrogen and oxygen atoms in total. The van der Waals surface area contributed by atoms with Gasteiger partial charge in [-0.1, -0.05) is 133 Å². The number of amides is 2. The third kappa shape index (κ3) is 10.1. The number of ether oxygens (including phenoxy) is 2. The second-order valence-electron chi connectivity index (χ2n) is 9.39. The Bertz CT molecular complexity index is 1220. The zero-order valence-corrected chi connectivity index (χ0v) is 22.3. The predicted octanol–water partition coefficient (Wildman–Crippen LogP) is 6.62. The highest BCUT2D eigenvalue weighted by molar-refractivity contribution is 5.68. The van der Waals surface area contributed by atoms with Crippen LogP contribution in [0.15, 0.2) is 133 Å². The van der Waals surface area contributed by atoms with Gasteiger partial charge in [0.2, 0.25) is 0 Å². The summed E-state index contributed by atoms with van der Waals surface area (Å²) in [6, 6.07) is 38.2. The number of alkyl carbamates (subject to hydrolysis) is 2. The molecule has 0 radical (unpaired) electrons. The molecular formula is C34H34N2O4. The molecule has 4 aromatic rings. The standard InChI is InChI=1S/C34H34N2O4/c37-33(39-25-29-17-9-3-10-18-29)35-31(23-27-13-5-1-6-14-27)21-22-32(24-28-15-7-2-8-16-28)36-34(38)40-26-30-19-11-4-12-20-30/h1-22,31-32H,23-26H2,(H,35,37)(H,36,38)/t31-,32-/m1/s1. The minimum absolute atomic E-state index is 0.180. The van der Waals surface area contributed by atoms with Gasteiger partial charge in [-0.15, -0.1) is 0 Å². The van der Waals surface area contributed by atoms with Gasteiger partial charge in [-0.3, -0.25) is 0 Å². The van der Waals surface area contributed by atoms with Crippen molar-refractivity contribution >= 4 is 12.2 Å². The van der Waals surface area contributed by atoms with E-state index >= 15 is 0 Å². The lowest BCUT2D eigenvalue weighted by Gasteiger charge is -2.19. The molecule has 0 aromatic heterocycles. The van der Waals surface area contributed by atoms with E-state index in [4.69, 9.17) is 9.47 Å². The molecule has 4 rings (SSSR count). The Morgan fingerprint density at radius 2 is 0.800 bits per heavy atom. The highest BCUT2D eigenvalue weighted by atomic mass is 16.6. The van der Waals surface area contributed by atoms with Crippen LogP contribution in [0.1, 0.15) is 22.3 Å². The number of hydrogen-bond acceptors (Lipinski definition) is 4. The van der Waals surface area contributed by atoms with Crippen molar-refractivity contribution in [2.75, 3.05) is 0 Å². The molecule has 2 atom stereocenters. The fourth-order valence-corrected chi connectivity index (χ4v) is 4.17.